The lowest BCUT2D eigenvalue weighted by Crippen LogP contribution is -2.27. The highest BCUT2D eigenvalue weighted by atomic mass is 32.2. The van der Waals surface area contributed by atoms with E-state index in [1.54, 1.807) is 22.9 Å². The predicted octanol–water partition coefficient (Wildman–Crippen LogP) is 5.59. The summed E-state index contributed by atoms with van der Waals surface area (Å²) in [5.74, 6) is 0.840. The molecule has 1 amide bonds. The molecule has 0 N–H and O–H groups in total. The summed E-state index contributed by atoms with van der Waals surface area (Å²) in [5, 5.41) is 5.08. The molecule has 2 heterocycles. The highest BCUT2D eigenvalue weighted by molar-refractivity contribution is 7.99. The van der Waals surface area contributed by atoms with E-state index in [-0.39, 0.29) is 5.91 Å². The molecule has 0 saturated carbocycles. The molecular formula is C25H23N3O2S. The van der Waals surface area contributed by atoms with Crippen LogP contribution in [0.2, 0.25) is 0 Å². The van der Waals surface area contributed by atoms with Crippen molar-refractivity contribution in [3.8, 4) is 11.3 Å². The molecule has 0 atom stereocenters. The third-order valence-corrected chi connectivity index (χ3v) is 5.81. The van der Waals surface area contributed by atoms with Crippen LogP contribution in [0.1, 0.15) is 22.5 Å². The Balaban J connectivity index is 1.27. The van der Waals surface area contributed by atoms with Crippen LogP contribution in [0.25, 0.3) is 11.3 Å². The Morgan fingerprint density at radius 1 is 1.00 bits per heavy atom. The fourth-order valence-corrected chi connectivity index (χ4v) is 3.96. The van der Waals surface area contributed by atoms with E-state index < -0.39 is 0 Å². The van der Waals surface area contributed by atoms with E-state index in [0.717, 1.165) is 39.8 Å². The van der Waals surface area contributed by atoms with Gasteiger partial charge in [-0.25, -0.2) is 4.98 Å². The maximum Gasteiger partial charge on any atom is 0.253 e. The molecule has 6 heteroatoms. The lowest BCUT2D eigenvalue weighted by atomic mass is 10.1. The number of aryl methyl sites for hydroxylation is 1. The molecule has 0 aliphatic rings. The van der Waals surface area contributed by atoms with Crippen LogP contribution in [-0.2, 0) is 6.42 Å². The van der Waals surface area contributed by atoms with E-state index in [0.29, 0.717) is 12.1 Å². The van der Waals surface area contributed by atoms with Gasteiger partial charge in [0.15, 0.2) is 0 Å². The molecule has 0 radical (unpaired) electrons. The van der Waals surface area contributed by atoms with Crippen LogP contribution in [0.15, 0.2) is 99.5 Å². The van der Waals surface area contributed by atoms with Gasteiger partial charge in [-0.15, -0.1) is 0 Å². The number of rotatable bonds is 8. The minimum atomic E-state index is 0.0110. The third-order valence-electron chi connectivity index (χ3n) is 4.85. The zero-order chi connectivity index (χ0) is 21.5. The Bertz CT molecular complexity index is 1110. The fourth-order valence-electron chi connectivity index (χ4n) is 3.18. The van der Waals surface area contributed by atoms with Crippen molar-refractivity contribution in [2.24, 2.45) is 0 Å². The van der Waals surface area contributed by atoms with E-state index in [1.807, 2.05) is 85.9 Å². The second-order valence-corrected chi connectivity index (χ2v) is 8.26. The SMILES string of the molecule is CN(CCCc1cc(-c2ccccc2)no1)C(=O)c1ccc(Sc2ccccn2)cc1. The van der Waals surface area contributed by atoms with E-state index in [2.05, 4.69) is 10.1 Å². The van der Waals surface area contributed by atoms with Crippen molar-refractivity contribution in [1.29, 1.82) is 0 Å². The number of pyridine rings is 1. The van der Waals surface area contributed by atoms with Crippen molar-refractivity contribution < 1.29 is 9.32 Å². The first-order chi connectivity index (χ1) is 15.2. The molecule has 2 aromatic heterocycles. The summed E-state index contributed by atoms with van der Waals surface area (Å²) in [6.45, 7) is 0.643. The molecule has 0 aliphatic heterocycles. The highest BCUT2D eigenvalue weighted by Crippen LogP contribution is 2.26. The molecule has 0 saturated heterocycles. The monoisotopic (exact) mass is 429 g/mol. The van der Waals surface area contributed by atoms with Gasteiger partial charge < -0.3 is 9.42 Å². The van der Waals surface area contributed by atoms with Gasteiger partial charge in [0.2, 0.25) is 0 Å². The smallest absolute Gasteiger partial charge is 0.253 e. The maximum absolute atomic E-state index is 12.7. The fraction of sp³-hybridized carbons (Fsp3) is 0.160. The van der Waals surface area contributed by atoms with Gasteiger partial charge in [-0.05, 0) is 42.8 Å². The normalized spacial score (nSPS) is 10.7. The number of benzene rings is 2. The molecule has 156 valence electrons. The van der Waals surface area contributed by atoms with Crippen LogP contribution in [0.3, 0.4) is 0 Å². The molecular weight excluding hydrogens is 406 g/mol. The van der Waals surface area contributed by atoms with E-state index in [9.17, 15) is 4.79 Å². The number of hydrogen-bond acceptors (Lipinski definition) is 5. The minimum absolute atomic E-state index is 0.0110. The Labute approximate surface area is 186 Å². The minimum Gasteiger partial charge on any atom is -0.361 e. The van der Waals surface area contributed by atoms with E-state index in [1.165, 1.54) is 0 Å². The van der Waals surface area contributed by atoms with Crippen LogP contribution in [-0.4, -0.2) is 34.5 Å². The Kier molecular flexibility index (Phi) is 6.79. The summed E-state index contributed by atoms with van der Waals surface area (Å²) in [6, 6.07) is 25.4. The van der Waals surface area contributed by atoms with Crippen molar-refractivity contribution in [3.05, 3.63) is 96.4 Å². The second-order valence-electron chi connectivity index (χ2n) is 7.17. The van der Waals surface area contributed by atoms with Gasteiger partial charge in [0.25, 0.3) is 5.91 Å². The van der Waals surface area contributed by atoms with Crippen LogP contribution >= 0.6 is 11.8 Å². The second kappa shape index (κ2) is 10.1. The lowest BCUT2D eigenvalue weighted by molar-refractivity contribution is 0.0792. The van der Waals surface area contributed by atoms with Gasteiger partial charge in [0.1, 0.15) is 16.5 Å². The number of carbonyl (C=O) groups excluding carboxylic acids is 1. The summed E-state index contributed by atoms with van der Waals surface area (Å²) in [4.78, 5) is 19.8. The molecule has 5 nitrogen and oxygen atoms in total. The number of aromatic nitrogens is 2. The molecule has 0 bridgehead atoms. The summed E-state index contributed by atoms with van der Waals surface area (Å²) in [5.41, 5.74) is 2.55. The molecule has 0 aliphatic carbocycles. The average molecular weight is 430 g/mol. The first-order valence-corrected chi connectivity index (χ1v) is 11.0. The molecule has 31 heavy (non-hydrogen) atoms. The molecule has 0 fully saturated rings. The van der Waals surface area contributed by atoms with E-state index >= 15 is 0 Å². The average Bonchev–Trinajstić information content (AvgIpc) is 3.29. The first kappa shape index (κ1) is 20.9. The van der Waals surface area contributed by atoms with Crippen molar-refractivity contribution >= 4 is 17.7 Å². The molecule has 0 unspecified atom stereocenters. The van der Waals surface area contributed by atoms with Crippen LogP contribution in [0.5, 0.6) is 0 Å². The molecule has 0 spiro atoms. The number of nitrogens with zero attached hydrogens (tertiary/aromatic N) is 3. The van der Waals surface area contributed by atoms with Gasteiger partial charge in [-0.1, -0.05) is 53.3 Å². The Hall–Kier alpha value is -3.38. The predicted molar refractivity (Wildman–Crippen MR) is 122 cm³/mol. The quantitative estimate of drug-likeness (QED) is 0.365. The number of hydrogen-bond donors (Lipinski definition) is 0. The molecule has 4 aromatic rings. The van der Waals surface area contributed by atoms with Crippen molar-refractivity contribution in [1.82, 2.24) is 15.0 Å². The molecule has 2 aromatic carbocycles. The first-order valence-electron chi connectivity index (χ1n) is 10.1. The lowest BCUT2D eigenvalue weighted by Gasteiger charge is -2.17. The zero-order valence-electron chi connectivity index (χ0n) is 17.3. The zero-order valence-corrected chi connectivity index (χ0v) is 18.1. The highest BCUT2D eigenvalue weighted by Gasteiger charge is 2.13. The third kappa shape index (κ3) is 5.61. The Morgan fingerprint density at radius 3 is 2.52 bits per heavy atom. The van der Waals surface area contributed by atoms with Crippen LogP contribution in [0.4, 0.5) is 0 Å². The Morgan fingerprint density at radius 2 is 1.77 bits per heavy atom. The van der Waals surface area contributed by atoms with Crippen molar-refractivity contribution in [3.63, 3.8) is 0 Å². The summed E-state index contributed by atoms with van der Waals surface area (Å²) in [6.07, 6.45) is 3.31. The van der Waals surface area contributed by atoms with Crippen molar-refractivity contribution in [2.75, 3.05) is 13.6 Å². The summed E-state index contributed by atoms with van der Waals surface area (Å²) in [7, 11) is 1.83. The topological polar surface area (TPSA) is 59.2 Å². The van der Waals surface area contributed by atoms with Gasteiger partial charge in [0, 0.05) is 48.3 Å². The van der Waals surface area contributed by atoms with Gasteiger partial charge in [-0.3, -0.25) is 4.79 Å². The maximum atomic E-state index is 12.7. The van der Waals surface area contributed by atoms with Gasteiger partial charge >= 0.3 is 0 Å². The standard InChI is InChI=1S/C25H23N3O2S/c1-28(17-7-10-21-18-23(27-30-21)19-8-3-2-4-9-19)25(29)20-12-14-22(15-13-20)31-24-11-5-6-16-26-24/h2-6,8-9,11-16,18H,7,10,17H2,1H3. The number of carbonyl (C=O) groups is 1. The summed E-state index contributed by atoms with van der Waals surface area (Å²) >= 11 is 1.58. The van der Waals surface area contributed by atoms with Gasteiger partial charge in [-0.2, -0.15) is 0 Å². The van der Waals surface area contributed by atoms with E-state index in [4.69, 9.17) is 4.52 Å². The molecule has 4 rings (SSSR count). The summed E-state index contributed by atoms with van der Waals surface area (Å²) < 4.78 is 5.45. The number of amides is 1. The largest absolute Gasteiger partial charge is 0.361 e. The van der Waals surface area contributed by atoms with Gasteiger partial charge in [0.05, 0.1) is 0 Å². The van der Waals surface area contributed by atoms with Crippen molar-refractivity contribution in [2.45, 2.75) is 22.8 Å². The van der Waals surface area contributed by atoms with Crippen LogP contribution < -0.4 is 0 Å². The van der Waals surface area contributed by atoms with Crippen LogP contribution in [0, 0.1) is 0 Å².